The number of unbranched alkanes of at least 4 members (excludes halogenated alkanes) is 9. The number of hydrogen-bond acceptors (Lipinski definition) is 1. The molecule has 1 amide bonds. The predicted molar refractivity (Wildman–Crippen MR) is 121 cm³/mol. The SMILES string of the molecule is C=C(CC(=O)NCc1ccccc1)[N+](C)(C)CCCCCCCCCCCC.[Cl-]. The third-order valence-corrected chi connectivity index (χ3v) is 5.62. The number of carbonyl (C=O) groups is 1. The molecular weight excluding hydrogens is 380 g/mol. The van der Waals surface area contributed by atoms with Crippen LogP contribution < -0.4 is 17.7 Å². The van der Waals surface area contributed by atoms with Gasteiger partial charge in [-0.2, -0.15) is 0 Å². The highest BCUT2D eigenvalue weighted by Crippen LogP contribution is 2.17. The van der Waals surface area contributed by atoms with E-state index in [0.29, 0.717) is 13.0 Å². The van der Waals surface area contributed by atoms with Gasteiger partial charge in [-0.25, -0.2) is 0 Å². The fraction of sp³-hybridized carbons (Fsp3) is 0.640. The summed E-state index contributed by atoms with van der Waals surface area (Å²) >= 11 is 0. The minimum absolute atomic E-state index is 0. The number of quaternary nitrogens is 1. The second kappa shape index (κ2) is 16.5. The molecule has 166 valence electrons. The Hall–Kier alpha value is -1.32. The second-order valence-corrected chi connectivity index (χ2v) is 8.60. The normalized spacial score (nSPS) is 11.0. The highest BCUT2D eigenvalue weighted by atomic mass is 35.5. The van der Waals surface area contributed by atoms with Gasteiger partial charge in [0.2, 0.25) is 5.91 Å². The van der Waals surface area contributed by atoms with Gasteiger partial charge in [0.05, 0.1) is 20.6 Å². The summed E-state index contributed by atoms with van der Waals surface area (Å²) in [6.45, 7) is 8.11. The largest absolute Gasteiger partial charge is 1.00 e. The van der Waals surface area contributed by atoms with E-state index >= 15 is 0 Å². The summed E-state index contributed by atoms with van der Waals surface area (Å²) in [5, 5.41) is 3.00. The maximum atomic E-state index is 12.2. The molecule has 0 spiro atoms. The molecule has 0 heterocycles. The van der Waals surface area contributed by atoms with Crippen LogP contribution in [0.2, 0.25) is 0 Å². The molecule has 0 fully saturated rings. The lowest BCUT2D eigenvalue weighted by Crippen LogP contribution is -3.00. The molecule has 1 aromatic rings. The minimum atomic E-state index is 0. The number of hydrogen-bond donors (Lipinski definition) is 1. The van der Waals surface area contributed by atoms with E-state index in [-0.39, 0.29) is 18.3 Å². The van der Waals surface area contributed by atoms with Crippen molar-refractivity contribution in [1.29, 1.82) is 0 Å². The molecule has 0 atom stereocenters. The number of rotatable bonds is 16. The van der Waals surface area contributed by atoms with E-state index < -0.39 is 0 Å². The van der Waals surface area contributed by atoms with Gasteiger partial charge in [0.1, 0.15) is 12.1 Å². The third-order valence-electron chi connectivity index (χ3n) is 5.62. The smallest absolute Gasteiger partial charge is 0.230 e. The van der Waals surface area contributed by atoms with Gasteiger partial charge >= 0.3 is 0 Å². The van der Waals surface area contributed by atoms with E-state index in [1.165, 1.54) is 64.2 Å². The molecule has 1 rings (SSSR count). The van der Waals surface area contributed by atoms with Crippen LogP contribution >= 0.6 is 0 Å². The standard InChI is InChI=1S/C25H42N2O.ClH/c1-5-6-7-8-9-10-11-12-13-17-20-27(3,4)23(2)21-25(28)26-22-24-18-15-14-16-19-24;/h14-16,18-19H,2,5-13,17,20-22H2,1,3-4H3;1H. The van der Waals surface area contributed by atoms with Crippen LogP contribution in [0.4, 0.5) is 0 Å². The molecule has 3 nitrogen and oxygen atoms in total. The molecule has 1 aromatic carbocycles. The van der Waals surface area contributed by atoms with Crippen molar-refractivity contribution in [1.82, 2.24) is 5.32 Å². The highest BCUT2D eigenvalue weighted by molar-refractivity contribution is 5.77. The number of benzene rings is 1. The lowest BCUT2D eigenvalue weighted by atomic mass is 10.1. The number of amides is 1. The fourth-order valence-corrected chi connectivity index (χ4v) is 3.41. The second-order valence-electron chi connectivity index (χ2n) is 8.60. The van der Waals surface area contributed by atoms with E-state index in [2.05, 4.69) is 32.9 Å². The van der Waals surface area contributed by atoms with Gasteiger partial charge in [-0.1, -0.05) is 88.6 Å². The molecule has 4 heteroatoms. The van der Waals surface area contributed by atoms with Crippen molar-refractivity contribution in [3.05, 3.63) is 48.2 Å². The van der Waals surface area contributed by atoms with Gasteiger partial charge in [-0.3, -0.25) is 9.28 Å². The maximum Gasteiger partial charge on any atom is 0.230 e. The van der Waals surface area contributed by atoms with Crippen molar-refractivity contribution in [3.8, 4) is 0 Å². The van der Waals surface area contributed by atoms with Crippen LogP contribution in [0.3, 0.4) is 0 Å². The van der Waals surface area contributed by atoms with Crippen LogP contribution in [-0.4, -0.2) is 31.0 Å². The van der Waals surface area contributed by atoms with E-state index in [1.807, 2.05) is 30.3 Å². The van der Waals surface area contributed by atoms with Crippen LogP contribution in [-0.2, 0) is 11.3 Å². The van der Waals surface area contributed by atoms with Gasteiger partial charge in [0, 0.05) is 6.54 Å². The average molecular weight is 423 g/mol. The zero-order valence-electron chi connectivity index (χ0n) is 19.0. The van der Waals surface area contributed by atoms with Crippen molar-refractivity contribution >= 4 is 5.91 Å². The first-order valence-corrected chi connectivity index (χ1v) is 11.3. The zero-order chi connectivity index (χ0) is 20.7. The summed E-state index contributed by atoms with van der Waals surface area (Å²) in [6, 6.07) is 10.0. The zero-order valence-corrected chi connectivity index (χ0v) is 19.8. The monoisotopic (exact) mass is 422 g/mol. The van der Waals surface area contributed by atoms with Crippen molar-refractivity contribution in [2.45, 2.75) is 84.1 Å². The van der Waals surface area contributed by atoms with Crippen molar-refractivity contribution < 1.29 is 21.7 Å². The van der Waals surface area contributed by atoms with E-state index in [1.54, 1.807) is 0 Å². The maximum absolute atomic E-state index is 12.2. The molecule has 0 saturated carbocycles. The van der Waals surface area contributed by atoms with Crippen molar-refractivity contribution in [3.63, 3.8) is 0 Å². The van der Waals surface area contributed by atoms with E-state index in [4.69, 9.17) is 0 Å². The van der Waals surface area contributed by atoms with Gasteiger partial charge in [-0.15, -0.1) is 0 Å². The first-order valence-electron chi connectivity index (χ1n) is 11.3. The molecule has 0 aliphatic rings. The molecule has 0 bridgehead atoms. The molecule has 0 unspecified atom stereocenters. The Morgan fingerprint density at radius 1 is 0.897 bits per heavy atom. The van der Waals surface area contributed by atoms with Crippen LogP contribution in [0.1, 0.15) is 83.1 Å². The predicted octanol–water partition coefficient (Wildman–Crippen LogP) is 3.21. The summed E-state index contributed by atoms with van der Waals surface area (Å²) in [4.78, 5) is 12.2. The van der Waals surface area contributed by atoms with Gasteiger partial charge in [0.15, 0.2) is 0 Å². The first-order chi connectivity index (χ1) is 13.5. The molecule has 0 aliphatic carbocycles. The number of halogens is 1. The van der Waals surface area contributed by atoms with Crippen LogP contribution in [0.15, 0.2) is 42.6 Å². The van der Waals surface area contributed by atoms with Crippen LogP contribution in [0.25, 0.3) is 0 Å². The van der Waals surface area contributed by atoms with Crippen molar-refractivity contribution in [2.24, 2.45) is 0 Å². The van der Waals surface area contributed by atoms with E-state index in [9.17, 15) is 4.79 Å². The summed E-state index contributed by atoms with van der Waals surface area (Å²) in [5.74, 6) is 0.0585. The fourth-order valence-electron chi connectivity index (χ4n) is 3.41. The highest BCUT2D eigenvalue weighted by Gasteiger charge is 2.22. The van der Waals surface area contributed by atoms with E-state index in [0.717, 1.165) is 22.3 Å². The molecule has 0 radical (unpaired) electrons. The minimum Gasteiger partial charge on any atom is -1.00 e. The average Bonchev–Trinajstić information content (AvgIpc) is 2.68. The summed E-state index contributed by atoms with van der Waals surface area (Å²) in [7, 11) is 4.33. The Morgan fingerprint density at radius 2 is 1.41 bits per heavy atom. The Balaban J connectivity index is 0.00000784. The quantitative estimate of drug-likeness (QED) is 0.321. The van der Waals surface area contributed by atoms with Crippen LogP contribution in [0, 0.1) is 0 Å². The molecule has 0 saturated heterocycles. The van der Waals surface area contributed by atoms with Crippen molar-refractivity contribution in [2.75, 3.05) is 20.6 Å². The van der Waals surface area contributed by atoms with Gasteiger partial charge in [0.25, 0.3) is 0 Å². The van der Waals surface area contributed by atoms with Gasteiger partial charge in [-0.05, 0) is 25.0 Å². The lowest BCUT2D eigenvalue weighted by Gasteiger charge is -2.31. The molecule has 0 aliphatic heterocycles. The first kappa shape index (κ1) is 27.7. The topological polar surface area (TPSA) is 29.1 Å². The Morgan fingerprint density at radius 3 is 1.97 bits per heavy atom. The Kier molecular flexibility index (Phi) is 15.7. The molecular formula is C25H43ClN2O. The summed E-state index contributed by atoms with van der Waals surface area (Å²) < 4.78 is 0.732. The Bertz CT molecular complexity index is 557. The number of carbonyl (C=O) groups excluding carboxylic acids is 1. The summed E-state index contributed by atoms with van der Waals surface area (Å²) in [6.07, 6.45) is 13.9. The Labute approximate surface area is 186 Å². The molecule has 1 N–H and O–H groups in total. The lowest BCUT2D eigenvalue weighted by molar-refractivity contribution is -0.853. The number of nitrogens with one attached hydrogen (secondary N) is 1. The molecule has 29 heavy (non-hydrogen) atoms. The van der Waals surface area contributed by atoms with Crippen LogP contribution in [0.5, 0.6) is 0 Å². The third kappa shape index (κ3) is 13.5. The molecule has 0 aromatic heterocycles. The van der Waals surface area contributed by atoms with Gasteiger partial charge < -0.3 is 17.7 Å². The summed E-state index contributed by atoms with van der Waals surface area (Å²) in [5.41, 5.74) is 2.11. The number of nitrogens with zero attached hydrogens (tertiary/aromatic N) is 1.